The van der Waals surface area contributed by atoms with E-state index in [0.29, 0.717) is 11.3 Å². The van der Waals surface area contributed by atoms with Crippen LogP contribution in [0.4, 0.5) is 10.5 Å². The highest BCUT2D eigenvalue weighted by molar-refractivity contribution is 5.95. The molecule has 134 valence electrons. The first-order valence-corrected chi connectivity index (χ1v) is 8.10. The summed E-state index contributed by atoms with van der Waals surface area (Å²) in [4.78, 5) is 23.4. The highest BCUT2D eigenvalue weighted by Crippen LogP contribution is 2.15. The minimum absolute atomic E-state index is 0.118. The number of benzene rings is 2. The van der Waals surface area contributed by atoms with Crippen LogP contribution in [0.15, 0.2) is 48.5 Å². The second-order valence-corrected chi connectivity index (χ2v) is 5.24. The molecule has 0 radical (unpaired) electrons. The van der Waals surface area contributed by atoms with Crippen LogP contribution in [0.3, 0.4) is 0 Å². The molecule has 0 aromatic heterocycles. The van der Waals surface area contributed by atoms with Crippen molar-refractivity contribution in [2.24, 2.45) is 0 Å². The van der Waals surface area contributed by atoms with Gasteiger partial charge in [0.15, 0.2) is 0 Å². The number of nitrogens with two attached hydrogens (primary N) is 1. The van der Waals surface area contributed by atoms with E-state index in [2.05, 4.69) is 17.2 Å². The molecule has 0 unspecified atom stereocenters. The maximum Gasteiger partial charge on any atom is 0.408 e. The molecule has 0 saturated heterocycles. The number of hydrogen-bond donors (Lipinski definition) is 2. The minimum Gasteiger partial charge on any atom is -0.462 e. The number of carbonyl (C=O) groups excluding carboxylic acids is 2. The van der Waals surface area contributed by atoms with E-state index in [1.54, 1.807) is 25.1 Å². The molecule has 0 atom stereocenters. The van der Waals surface area contributed by atoms with E-state index in [4.69, 9.17) is 15.2 Å². The van der Waals surface area contributed by atoms with Gasteiger partial charge in [-0.2, -0.15) is 0 Å². The smallest absolute Gasteiger partial charge is 0.408 e. The molecule has 0 fully saturated rings. The molecule has 2 aromatic rings. The molecular weight excluding hydrogens is 332 g/mol. The molecule has 6 heteroatoms. The maximum atomic E-state index is 11.8. The fraction of sp³-hybridized carbons (Fsp3) is 0.200. The number of esters is 1. The Hall–Kier alpha value is -3.46. The zero-order valence-corrected chi connectivity index (χ0v) is 14.5. The van der Waals surface area contributed by atoms with Gasteiger partial charge >= 0.3 is 12.1 Å². The van der Waals surface area contributed by atoms with Gasteiger partial charge in [0.05, 0.1) is 18.7 Å². The van der Waals surface area contributed by atoms with Crippen molar-refractivity contribution in [1.82, 2.24) is 5.32 Å². The summed E-state index contributed by atoms with van der Waals surface area (Å²) in [6, 6.07) is 14.2. The van der Waals surface area contributed by atoms with Crippen molar-refractivity contribution < 1.29 is 19.1 Å². The monoisotopic (exact) mass is 352 g/mol. The fourth-order valence-corrected chi connectivity index (χ4v) is 2.06. The molecule has 0 aliphatic carbocycles. The van der Waals surface area contributed by atoms with Gasteiger partial charge in [-0.1, -0.05) is 42.2 Å². The average molecular weight is 352 g/mol. The Morgan fingerprint density at radius 3 is 2.62 bits per heavy atom. The Morgan fingerprint density at radius 1 is 1.12 bits per heavy atom. The van der Waals surface area contributed by atoms with Crippen LogP contribution in [0.1, 0.15) is 28.4 Å². The molecule has 3 N–H and O–H groups in total. The number of anilines is 1. The number of ether oxygens (including phenoxy) is 2. The summed E-state index contributed by atoms with van der Waals surface area (Å²) in [7, 11) is 0. The van der Waals surface area contributed by atoms with Crippen molar-refractivity contribution in [2.75, 3.05) is 18.9 Å². The molecule has 0 saturated carbocycles. The Kier molecular flexibility index (Phi) is 7.07. The molecule has 0 aliphatic rings. The Balaban J connectivity index is 1.85. The normalized spacial score (nSPS) is 9.58. The van der Waals surface area contributed by atoms with Crippen LogP contribution in [-0.2, 0) is 16.1 Å². The first kappa shape index (κ1) is 18.9. The molecule has 0 heterocycles. The predicted molar refractivity (Wildman–Crippen MR) is 98.3 cm³/mol. The van der Waals surface area contributed by atoms with E-state index >= 15 is 0 Å². The molecule has 0 bridgehead atoms. The summed E-state index contributed by atoms with van der Waals surface area (Å²) in [6.07, 6.45) is -0.548. The maximum absolute atomic E-state index is 11.8. The van der Waals surface area contributed by atoms with Gasteiger partial charge in [-0.3, -0.25) is 0 Å². The van der Waals surface area contributed by atoms with Crippen LogP contribution in [0, 0.1) is 11.8 Å². The van der Waals surface area contributed by atoms with Crippen LogP contribution in [0.2, 0.25) is 0 Å². The lowest BCUT2D eigenvalue weighted by Crippen LogP contribution is -2.24. The molecule has 2 aromatic carbocycles. The van der Waals surface area contributed by atoms with Crippen LogP contribution < -0.4 is 11.1 Å². The van der Waals surface area contributed by atoms with Crippen molar-refractivity contribution in [3.8, 4) is 11.8 Å². The van der Waals surface area contributed by atoms with E-state index in [9.17, 15) is 9.59 Å². The van der Waals surface area contributed by atoms with Gasteiger partial charge in [0.1, 0.15) is 6.61 Å². The summed E-state index contributed by atoms with van der Waals surface area (Å²) < 4.78 is 10.0. The van der Waals surface area contributed by atoms with Crippen LogP contribution in [-0.4, -0.2) is 25.2 Å². The Bertz CT molecular complexity index is 823. The topological polar surface area (TPSA) is 90.6 Å². The SMILES string of the molecule is CCOC(=O)c1cc(C#CCNC(=O)OCc2ccccc2)ccc1N. The Labute approximate surface area is 152 Å². The second-order valence-electron chi connectivity index (χ2n) is 5.24. The standard InChI is InChI=1S/C20H20N2O4/c1-2-25-19(23)17-13-15(10-11-18(17)21)9-6-12-22-20(24)26-14-16-7-4-3-5-8-16/h3-5,7-8,10-11,13H,2,12,14,21H2,1H3,(H,22,24). The van der Waals surface area contributed by atoms with Gasteiger partial charge in [-0.05, 0) is 30.7 Å². The summed E-state index contributed by atoms with van der Waals surface area (Å²) in [6.45, 7) is 2.30. The third kappa shape index (κ3) is 5.87. The molecular formula is C20H20N2O4. The van der Waals surface area contributed by atoms with Crippen molar-refractivity contribution in [3.05, 3.63) is 65.2 Å². The number of hydrogen-bond acceptors (Lipinski definition) is 5. The number of alkyl carbamates (subject to hydrolysis) is 1. The van der Waals surface area contributed by atoms with E-state index in [0.717, 1.165) is 5.56 Å². The number of nitrogen functional groups attached to an aromatic ring is 1. The predicted octanol–water partition coefficient (Wildman–Crippen LogP) is 2.72. The van der Waals surface area contributed by atoms with Crippen molar-refractivity contribution >= 4 is 17.7 Å². The largest absolute Gasteiger partial charge is 0.462 e. The van der Waals surface area contributed by atoms with Gasteiger partial charge in [0.2, 0.25) is 0 Å². The summed E-state index contributed by atoms with van der Waals surface area (Å²) in [5.41, 5.74) is 7.88. The first-order valence-electron chi connectivity index (χ1n) is 8.10. The first-order chi connectivity index (χ1) is 12.6. The highest BCUT2D eigenvalue weighted by Gasteiger charge is 2.10. The third-order valence-corrected chi connectivity index (χ3v) is 3.32. The number of nitrogens with one attached hydrogen (secondary N) is 1. The van der Waals surface area contributed by atoms with Crippen molar-refractivity contribution in [3.63, 3.8) is 0 Å². The van der Waals surface area contributed by atoms with E-state index in [-0.39, 0.29) is 25.3 Å². The molecule has 1 amide bonds. The van der Waals surface area contributed by atoms with E-state index < -0.39 is 12.1 Å². The lowest BCUT2D eigenvalue weighted by molar-refractivity contribution is 0.0527. The number of carbonyl (C=O) groups is 2. The van der Waals surface area contributed by atoms with Crippen LogP contribution in [0.25, 0.3) is 0 Å². The van der Waals surface area contributed by atoms with Gasteiger partial charge in [0, 0.05) is 11.3 Å². The molecule has 0 aliphatic heterocycles. The van der Waals surface area contributed by atoms with Crippen molar-refractivity contribution in [2.45, 2.75) is 13.5 Å². The average Bonchev–Trinajstić information content (AvgIpc) is 2.65. The molecule has 26 heavy (non-hydrogen) atoms. The van der Waals surface area contributed by atoms with Gasteiger partial charge in [-0.25, -0.2) is 9.59 Å². The van der Waals surface area contributed by atoms with Gasteiger partial charge in [0.25, 0.3) is 0 Å². The van der Waals surface area contributed by atoms with Gasteiger partial charge < -0.3 is 20.5 Å². The second kappa shape index (κ2) is 9.74. The summed E-state index contributed by atoms with van der Waals surface area (Å²) >= 11 is 0. The lowest BCUT2D eigenvalue weighted by atomic mass is 10.1. The number of rotatable bonds is 5. The lowest BCUT2D eigenvalue weighted by Gasteiger charge is -2.05. The van der Waals surface area contributed by atoms with Gasteiger partial charge in [-0.15, -0.1) is 0 Å². The van der Waals surface area contributed by atoms with E-state index in [1.165, 1.54) is 0 Å². The number of amides is 1. The quantitative estimate of drug-likeness (QED) is 0.490. The zero-order valence-electron chi connectivity index (χ0n) is 14.5. The van der Waals surface area contributed by atoms with Crippen molar-refractivity contribution in [1.29, 1.82) is 0 Å². The van der Waals surface area contributed by atoms with Crippen LogP contribution >= 0.6 is 0 Å². The van der Waals surface area contributed by atoms with E-state index in [1.807, 2.05) is 30.3 Å². The molecule has 0 spiro atoms. The highest BCUT2D eigenvalue weighted by atomic mass is 16.5. The minimum atomic E-state index is -0.548. The molecule has 6 nitrogen and oxygen atoms in total. The van der Waals surface area contributed by atoms with Crippen LogP contribution in [0.5, 0.6) is 0 Å². The Morgan fingerprint density at radius 2 is 1.88 bits per heavy atom. The zero-order chi connectivity index (χ0) is 18.8. The molecule has 2 rings (SSSR count). The summed E-state index contributed by atoms with van der Waals surface area (Å²) in [5.74, 6) is 5.16. The third-order valence-electron chi connectivity index (χ3n) is 3.32. The fourth-order valence-electron chi connectivity index (χ4n) is 2.06. The summed E-state index contributed by atoms with van der Waals surface area (Å²) in [5, 5.41) is 2.54.